The molecule has 0 aromatic heterocycles. The molecule has 1 atom stereocenters. The summed E-state index contributed by atoms with van der Waals surface area (Å²) in [5, 5.41) is 3.01. The van der Waals surface area contributed by atoms with Crippen LogP contribution in [0.2, 0.25) is 0 Å². The summed E-state index contributed by atoms with van der Waals surface area (Å²) in [6.45, 7) is 6.20. The van der Waals surface area contributed by atoms with E-state index >= 15 is 0 Å². The Bertz CT molecular complexity index is 796. The number of para-hydroxylation sites is 1. The summed E-state index contributed by atoms with van der Waals surface area (Å²) < 4.78 is 10.6. The third-order valence-electron chi connectivity index (χ3n) is 4.54. The number of rotatable bonds is 7. The average Bonchev–Trinajstić information content (AvgIpc) is 2.66. The predicted molar refractivity (Wildman–Crippen MR) is 107 cm³/mol. The second-order valence-electron chi connectivity index (χ2n) is 6.28. The van der Waals surface area contributed by atoms with Gasteiger partial charge in [0.2, 0.25) is 5.91 Å². The van der Waals surface area contributed by atoms with E-state index in [1.54, 1.807) is 20.3 Å². The number of amides is 1. The van der Waals surface area contributed by atoms with Crippen LogP contribution in [0.15, 0.2) is 48.5 Å². The lowest BCUT2D eigenvalue weighted by molar-refractivity contribution is -0.111. The molecular formula is C22H27NO3. The second-order valence-corrected chi connectivity index (χ2v) is 6.28. The Morgan fingerprint density at radius 2 is 1.88 bits per heavy atom. The lowest BCUT2D eigenvalue weighted by atomic mass is 9.97. The highest BCUT2D eigenvalue weighted by Crippen LogP contribution is 2.30. The van der Waals surface area contributed by atoms with Crippen LogP contribution in [0.25, 0.3) is 5.57 Å². The molecule has 1 N–H and O–H groups in total. The Hall–Kier alpha value is -2.75. The first-order chi connectivity index (χ1) is 12.5. The molecule has 2 aromatic rings. The minimum atomic E-state index is -0.156. The molecule has 0 spiro atoms. The molecule has 2 rings (SSSR count). The van der Waals surface area contributed by atoms with Gasteiger partial charge in [-0.3, -0.25) is 4.79 Å². The highest BCUT2D eigenvalue weighted by Gasteiger charge is 2.12. The fourth-order valence-corrected chi connectivity index (χ4v) is 2.83. The normalized spacial score (nSPS) is 12.4. The van der Waals surface area contributed by atoms with Crippen molar-refractivity contribution in [1.29, 1.82) is 0 Å². The van der Waals surface area contributed by atoms with Crippen molar-refractivity contribution in [2.45, 2.75) is 33.1 Å². The number of anilines is 1. The summed E-state index contributed by atoms with van der Waals surface area (Å²) in [4.78, 5) is 12.5. The molecule has 26 heavy (non-hydrogen) atoms. The van der Waals surface area contributed by atoms with Gasteiger partial charge in [-0.2, -0.15) is 0 Å². The van der Waals surface area contributed by atoms with Crippen LogP contribution in [0.3, 0.4) is 0 Å². The molecule has 0 radical (unpaired) electrons. The molecule has 138 valence electrons. The Kier molecular flexibility index (Phi) is 6.84. The van der Waals surface area contributed by atoms with E-state index in [0.29, 0.717) is 17.4 Å². The van der Waals surface area contributed by atoms with E-state index in [1.165, 1.54) is 0 Å². The molecule has 2 aromatic carbocycles. The monoisotopic (exact) mass is 353 g/mol. The summed E-state index contributed by atoms with van der Waals surface area (Å²) in [7, 11) is 3.22. The van der Waals surface area contributed by atoms with Gasteiger partial charge < -0.3 is 14.8 Å². The van der Waals surface area contributed by atoms with E-state index in [2.05, 4.69) is 25.2 Å². The highest BCUT2D eigenvalue weighted by atomic mass is 16.5. The summed E-state index contributed by atoms with van der Waals surface area (Å²) in [6.07, 6.45) is 2.61. The summed E-state index contributed by atoms with van der Waals surface area (Å²) in [5.41, 5.74) is 3.69. The minimum Gasteiger partial charge on any atom is -0.497 e. The SMILES string of the molecule is CCC(C)c1ccccc1NC(=O)/C=C(\C)c1ccc(OC)cc1OC. The van der Waals surface area contributed by atoms with Gasteiger partial charge in [0.1, 0.15) is 11.5 Å². The fourth-order valence-electron chi connectivity index (χ4n) is 2.83. The van der Waals surface area contributed by atoms with Crippen molar-refractivity contribution < 1.29 is 14.3 Å². The van der Waals surface area contributed by atoms with Crippen LogP contribution in [0.4, 0.5) is 5.69 Å². The van der Waals surface area contributed by atoms with Gasteiger partial charge in [0.25, 0.3) is 0 Å². The Balaban J connectivity index is 2.24. The summed E-state index contributed by atoms with van der Waals surface area (Å²) in [6, 6.07) is 13.5. The number of allylic oxidation sites excluding steroid dienone is 1. The molecule has 0 aliphatic carbocycles. The maximum atomic E-state index is 12.5. The van der Waals surface area contributed by atoms with Crippen LogP contribution in [-0.4, -0.2) is 20.1 Å². The molecule has 0 saturated carbocycles. The first-order valence-corrected chi connectivity index (χ1v) is 8.80. The van der Waals surface area contributed by atoms with Crippen LogP contribution < -0.4 is 14.8 Å². The van der Waals surface area contributed by atoms with Crippen LogP contribution >= 0.6 is 0 Å². The van der Waals surface area contributed by atoms with Crippen molar-refractivity contribution in [3.63, 3.8) is 0 Å². The van der Waals surface area contributed by atoms with Gasteiger partial charge in [-0.1, -0.05) is 32.0 Å². The van der Waals surface area contributed by atoms with E-state index in [9.17, 15) is 4.79 Å². The van der Waals surface area contributed by atoms with Crippen LogP contribution in [0.1, 0.15) is 44.2 Å². The molecule has 0 heterocycles. The quantitative estimate of drug-likeness (QED) is 0.691. The maximum Gasteiger partial charge on any atom is 0.248 e. The summed E-state index contributed by atoms with van der Waals surface area (Å²) in [5.74, 6) is 1.62. The predicted octanol–water partition coefficient (Wildman–Crippen LogP) is 5.26. The number of hydrogen-bond acceptors (Lipinski definition) is 3. The number of carbonyl (C=O) groups excluding carboxylic acids is 1. The van der Waals surface area contributed by atoms with Crippen molar-refractivity contribution in [2.75, 3.05) is 19.5 Å². The zero-order valence-corrected chi connectivity index (χ0v) is 16.1. The number of nitrogens with one attached hydrogen (secondary N) is 1. The lowest BCUT2D eigenvalue weighted by Gasteiger charge is -2.15. The summed E-state index contributed by atoms with van der Waals surface area (Å²) >= 11 is 0. The Morgan fingerprint density at radius 1 is 1.15 bits per heavy atom. The minimum absolute atomic E-state index is 0.156. The Labute approximate surface area is 155 Å². The molecule has 0 aliphatic heterocycles. The molecule has 1 unspecified atom stereocenters. The maximum absolute atomic E-state index is 12.5. The third kappa shape index (κ3) is 4.66. The van der Waals surface area contributed by atoms with E-state index in [0.717, 1.165) is 28.8 Å². The van der Waals surface area contributed by atoms with Crippen molar-refractivity contribution in [1.82, 2.24) is 0 Å². The zero-order chi connectivity index (χ0) is 19.1. The Morgan fingerprint density at radius 3 is 2.54 bits per heavy atom. The van der Waals surface area contributed by atoms with Crippen molar-refractivity contribution in [2.24, 2.45) is 0 Å². The standard InChI is InChI=1S/C22H27NO3/c1-6-15(2)18-9-7-8-10-20(18)23-22(24)13-16(3)19-12-11-17(25-4)14-21(19)26-5/h7-15H,6H2,1-5H3,(H,23,24)/b16-13+. The molecular weight excluding hydrogens is 326 g/mol. The first-order valence-electron chi connectivity index (χ1n) is 8.80. The molecule has 1 amide bonds. The smallest absolute Gasteiger partial charge is 0.248 e. The van der Waals surface area contributed by atoms with Crippen LogP contribution in [0, 0.1) is 0 Å². The highest BCUT2D eigenvalue weighted by molar-refractivity contribution is 6.04. The number of carbonyl (C=O) groups is 1. The average molecular weight is 353 g/mol. The molecule has 4 nitrogen and oxygen atoms in total. The van der Waals surface area contributed by atoms with E-state index in [4.69, 9.17) is 9.47 Å². The van der Waals surface area contributed by atoms with Gasteiger partial charge in [-0.25, -0.2) is 0 Å². The zero-order valence-electron chi connectivity index (χ0n) is 16.1. The van der Waals surface area contributed by atoms with Gasteiger partial charge in [-0.05, 0) is 48.6 Å². The second kappa shape index (κ2) is 9.09. The van der Waals surface area contributed by atoms with Crippen LogP contribution in [0.5, 0.6) is 11.5 Å². The van der Waals surface area contributed by atoms with E-state index < -0.39 is 0 Å². The molecule has 0 fully saturated rings. The van der Waals surface area contributed by atoms with E-state index in [1.807, 2.05) is 43.3 Å². The molecule has 0 bridgehead atoms. The van der Waals surface area contributed by atoms with Gasteiger partial charge in [0, 0.05) is 23.4 Å². The van der Waals surface area contributed by atoms with E-state index in [-0.39, 0.29) is 5.91 Å². The topological polar surface area (TPSA) is 47.6 Å². The van der Waals surface area contributed by atoms with Crippen molar-refractivity contribution >= 4 is 17.2 Å². The van der Waals surface area contributed by atoms with Crippen LogP contribution in [-0.2, 0) is 4.79 Å². The molecule has 0 saturated heterocycles. The first kappa shape index (κ1) is 19.6. The van der Waals surface area contributed by atoms with Crippen molar-refractivity contribution in [3.8, 4) is 11.5 Å². The number of benzene rings is 2. The number of hydrogen-bond donors (Lipinski definition) is 1. The third-order valence-corrected chi connectivity index (χ3v) is 4.54. The van der Waals surface area contributed by atoms with Gasteiger partial charge in [0.15, 0.2) is 0 Å². The fraction of sp³-hybridized carbons (Fsp3) is 0.318. The van der Waals surface area contributed by atoms with Gasteiger partial charge >= 0.3 is 0 Å². The number of methoxy groups -OCH3 is 2. The molecule has 0 aliphatic rings. The lowest BCUT2D eigenvalue weighted by Crippen LogP contribution is -2.11. The molecule has 4 heteroatoms. The largest absolute Gasteiger partial charge is 0.497 e. The van der Waals surface area contributed by atoms with Crippen molar-refractivity contribution in [3.05, 3.63) is 59.7 Å². The van der Waals surface area contributed by atoms with Gasteiger partial charge in [0.05, 0.1) is 14.2 Å². The number of ether oxygens (including phenoxy) is 2. The van der Waals surface area contributed by atoms with Gasteiger partial charge in [-0.15, -0.1) is 0 Å².